The van der Waals surface area contributed by atoms with Crippen molar-refractivity contribution in [1.82, 2.24) is 4.98 Å². The molecule has 0 fully saturated rings. The van der Waals surface area contributed by atoms with E-state index in [0.29, 0.717) is 28.1 Å². The number of aliphatic carboxylic acids is 1. The first-order chi connectivity index (χ1) is 12.4. The van der Waals surface area contributed by atoms with Crippen LogP contribution < -0.4 is 4.74 Å². The number of aromatic nitrogens is 1. The molecule has 0 radical (unpaired) electrons. The molecular formula is C20H18ClNO3S. The molecule has 26 heavy (non-hydrogen) atoms. The molecule has 4 nitrogen and oxygen atoms in total. The molecule has 1 N–H and O–H groups in total. The van der Waals surface area contributed by atoms with Crippen LogP contribution in [0.25, 0.3) is 10.6 Å². The molecule has 0 saturated carbocycles. The van der Waals surface area contributed by atoms with Crippen LogP contribution in [-0.4, -0.2) is 16.1 Å². The summed E-state index contributed by atoms with van der Waals surface area (Å²) in [6.07, 6.45) is 0. The average molecular weight is 388 g/mol. The van der Waals surface area contributed by atoms with Crippen molar-refractivity contribution in [2.24, 2.45) is 0 Å². The Kier molecular flexibility index (Phi) is 5.30. The number of rotatable bonds is 6. The lowest BCUT2D eigenvalue weighted by atomic mass is 9.90. The Balaban J connectivity index is 1.91. The van der Waals surface area contributed by atoms with Gasteiger partial charge in [-0.3, -0.25) is 4.79 Å². The zero-order valence-electron chi connectivity index (χ0n) is 14.4. The second-order valence-electron chi connectivity index (χ2n) is 6.38. The Morgan fingerprint density at radius 2 is 1.96 bits per heavy atom. The predicted molar refractivity (Wildman–Crippen MR) is 104 cm³/mol. The predicted octanol–water partition coefficient (Wildman–Crippen LogP) is 5.40. The minimum atomic E-state index is -1.06. The molecule has 3 aromatic rings. The number of ether oxygens (including phenoxy) is 1. The topological polar surface area (TPSA) is 59.4 Å². The Morgan fingerprint density at radius 1 is 1.23 bits per heavy atom. The number of carboxylic acids is 1. The summed E-state index contributed by atoms with van der Waals surface area (Å²) in [6.45, 7) is 3.70. The Hall–Kier alpha value is -2.37. The standard InChI is InChI=1S/C20H18ClNO3S/c1-20(2,19(23)24)17-12-26-18(22-17)15-10-14(21)8-9-16(15)25-11-13-6-4-3-5-7-13/h3-10,12H,11H2,1-2H3,(H,23,24). The van der Waals surface area contributed by atoms with Gasteiger partial charge in [0.15, 0.2) is 0 Å². The number of carboxylic acid groups (broad SMARTS) is 1. The van der Waals surface area contributed by atoms with Crippen molar-refractivity contribution in [3.8, 4) is 16.3 Å². The molecule has 0 saturated heterocycles. The van der Waals surface area contributed by atoms with E-state index in [2.05, 4.69) is 4.98 Å². The first-order valence-electron chi connectivity index (χ1n) is 8.04. The summed E-state index contributed by atoms with van der Waals surface area (Å²) in [7, 11) is 0. The molecule has 0 aliphatic rings. The van der Waals surface area contributed by atoms with Gasteiger partial charge in [0, 0.05) is 10.4 Å². The second kappa shape index (κ2) is 7.48. The number of hydrogen-bond acceptors (Lipinski definition) is 4. The highest BCUT2D eigenvalue weighted by atomic mass is 35.5. The van der Waals surface area contributed by atoms with Crippen molar-refractivity contribution in [3.63, 3.8) is 0 Å². The quantitative estimate of drug-likeness (QED) is 0.614. The largest absolute Gasteiger partial charge is 0.488 e. The number of hydrogen-bond donors (Lipinski definition) is 1. The molecule has 1 aromatic heterocycles. The van der Waals surface area contributed by atoms with Crippen molar-refractivity contribution >= 4 is 28.9 Å². The maximum Gasteiger partial charge on any atom is 0.315 e. The monoisotopic (exact) mass is 387 g/mol. The van der Waals surface area contributed by atoms with Gasteiger partial charge >= 0.3 is 5.97 Å². The summed E-state index contributed by atoms with van der Waals surface area (Å²) >= 11 is 7.54. The van der Waals surface area contributed by atoms with Crippen molar-refractivity contribution in [3.05, 3.63) is 70.2 Å². The maximum absolute atomic E-state index is 11.5. The van der Waals surface area contributed by atoms with Gasteiger partial charge in [0.25, 0.3) is 0 Å². The van der Waals surface area contributed by atoms with E-state index in [-0.39, 0.29) is 0 Å². The summed E-state index contributed by atoms with van der Waals surface area (Å²) in [5.74, 6) is -0.256. The van der Waals surface area contributed by atoms with Gasteiger partial charge in [-0.2, -0.15) is 0 Å². The minimum absolute atomic E-state index is 0.425. The molecule has 0 aliphatic heterocycles. The van der Waals surface area contributed by atoms with Gasteiger partial charge in [0.05, 0.1) is 11.3 Å². The zero-order valence-corrected chi connectivity index (χ0v) is 16.0. The summed E-state index contributed by atoms with van der Waals surface area (Å²) in [6, 6.07) is 15.2. The fraction of sp³-hybridized carbons (Fsp3) is 0.200. The Labute approximate surface area is 161 Å². The average Bonchev–Trinajstić information content (AvgIpc) is 3.12. The van der Waals surface area contributed by atoms with E-state index in [9.17, 15) is 9.90 Å². The van der Waals surface area contributed by atoms with E-state index < -0.39 is 11.4 Å². The lowest BCUT2D eigenvalue weighted by Crippen LogP contribution is -2.28. The lowest BCUT2D eigenvalue weighted by Gasteiger charge is -2.16. The fourth-order valence-electron chi connectivity index (χ4n) is 2.32. The van der Waals surface area contributed by atoms with Crippen LogP contribution in [0.2, 0.25) is 5.02 Å². The van der Waals surface area contributed by atoms with Gasteiger partial charge in [0.1, 0.15) is 22.8 Å². The molecule has 134 valence electrons. The highest BCUT2D eigenvalue weighted by molar-refractivity contribution is 7.13. The highest BCUT2D eigenvalue weighted by Gasteiger charge is 2.32. The first-order valence-corrected chi connectivity index (χ1v) is 9.30. The highest BCUT2D eigenvalue weighted by Crippen LogP contribution is 2.37. The summed E-state index contributed by atoms with van der Waals surface area (Å²) in [4.78, 5) is 16.0. The van der Waals surface area contributed by atoms with Crippen LogP contribution in [0.1, 0.15) is 25.1 Å². The van der Waals surface area contributed by atoms with Gasteiger partial charge in [-0.25, -0.2) is 4.98 Å². The molecule has 0 bridgehead atoms. The molecular weight excluding hydrogens is 370 g/mol. The van der Waals surface area contributed by atoms with Gasteiger partial charge in [-0.15, -0.1) is 11.3 Å². The third kappa shape index (κ3) is 3.89. The Morgan fingerprint density at radius 3 is 2.65 bits per heavy atom. The van der Waals surface area contributed by atoms with Crippen LogP contribution in [0.3, 0.4) is 0 Å². The van der Waals surface area contributed by atoms with Crippen LogP contribution in [0, 0.1) is 0 Å². The molecule has 1 heterocycles. The fourth-order valence-corrected chi connectivity index (χ4v) is 3.50. The minimum Gasteiger partial charge on any atom is -0.488 e. The van der Waals surface area contributed by atoms with E-state index in [1.807, 2.05) is 36.4 Å². The van der Waals surface area contributed by atoms with E-state index in [1.165, 1.54) is 11.3 Å². The SMILES string of the molecule is CC(C)(C(=O)O)c1csc(-c2cc(Cl)ccc2OCc2ccccc2)n1. The normalized spacial score (nSPS) is 11.3. The van der Waals surface area contributed by atoms with Crippen molar-refractivity contribution < 1.29 is 14.6 Å². The van der Waals surface area contributed by atoms with Crippen LogP contribution in [0.15, 0.2) is 53.9 Å². The van der Waals surface area contributed by atoms with Crippen LogP contribution >= 0.6 is 22.9 Å². The van der Waals surface area contributed by atoms with Crippen molar-refractivity contribution in [2.45, 2.75) is 25.9 Å². The van der Waals surface area contributed by atoms with E-state index >= 15 is 0 Å². The Bertz CT molecular complexity index is 922. The third-order valence-corrected chi connectivity index (χ3v) is 5.20. The van der Waals surface area contributed by atoms with Gasteiger partial charge in [0.2, 0.25) is 0 Å². The lowest BCUT2D eigenvalue weighted by molar-refractivity contribution is -0.142. The molecule has 2 aromatic carbocycles. The van der Waals surface area contributed by atoms with Crippen molar-refractivity contribution in [2.75, 3.05) is 0 Å². The zero-order chi connectivity index (χ0) is 18.7. The number of halogens is 1. The van der Waals surface area contributed by atoms with Crippen LogP contribution in [0.5, 0.6) is 5.75 Å². The third-order valence-electron chi connectivity index (χ3n) is 4.09. The smallest absolute Gasteiger partial charge is 0.315 e. The van der Waals surface area contributed by atoms with Crippen molar-refractivity contribution in [1.29, 1.82) is 0 Å². The number of benzene rings is 2. The molecule has 0 amide bonds. The van der Waals surface area contributed by atoms with Crippen LogP contribution in [-0.2, 0) is 16.8 Å². The van der Waals surface area contributed by atoms with Gasteiger partial charge < -0.3 is 9.84 Å². The molecule has 0 spiro atoms. The van der Waals surface area contributed by atoms with Gasteiger partial charge in [-0.05, 0) is 37.6 Å². The molecule has 0 aliphatic carbocycles. The van der Waals surface area contributed by atoms with E-state index in [1.54, 1.807) is 31.4 Å². The van der Waals surface area contributed by atoms with E-state index in [0.717, 1.165) is 11.1 Å². The summed E-state index contributed by atoms with van der Waals surface area (Å²) in [5.41, 5.74) is 1.27. The maximum atomic E-state index is 11.5. The number of carbonyl (C=O) groups is 1. The molecule has 3 rings (SSSR count). The molecule has 6 heteroatoms. The summed E-state index contributed by atoms with van der Waals surface area (Å²) in [5, 5.41) is 12.4. The van der Waals surface area contributed by atoms with E-state index in [4.69, 9.17) is 16.3 Å². The summed E-state index contributed by atoms with van der Waals surface area (Å²) < 4.78 is 5.97. The molecule has 0 atom stereocenters. The second-order valence-corrected chi connectivity index (χ2v) is 7.68. The van der Waals surface area contributed by atoms with Gasteiger partial charge in [-0.1, -0.05) is 41.9 Å². The first kappa shape index (κ1) is 18.4. The molecule has 0 unspecified atom stereocenters. The number of nitrogens with zero attached hydrogens (tertiary/aromatic N) is 1. The van der Waals surface area contributed by atoms with Crippen LogP contribution in [0.4, 0.5) is 0 Å². The number of thiazole rings is 1.